The van der Waals surface area contributed by atoms with E-state index in [1.165, 1.54) is 32.4 Å². The van der Waals surface area contributed by atoms with Crippen LogP contribution >= 0.6 is 0 Å². The first-order valence-electron chi connectivity index (χ1n) is 12.4. The minimum atomic E-state index is -0.530. The maximum absolute atomic E-state index is 13.0. The lowest BCUT2D eigenvalue weighted by atomic mass is 10.1. The van der Waals surface area contributed by atoms with Crippen LogP contribution in [0, 0.1) is 0 Å². The van der Waals surface area contributed by atoms with E-state index in [0.29, 0.717) is 51.2 Å². The van der Waals surface area contributed by atoms with Gasteiger partial charge in [-0.05, 0) is 44.0 Å². The molecular formula is C26H34N4O5. The van der Waals surface area contributed by atoms with E-state index in [9.17, 15) is 14.4 Å². The lowest BCUT2D eigenvalue weighted by Crippen LogP contribution is -2.34. The van der Waals surface area contributed by atoms with Crippen LogP contribution in [0.1, 0.15) is 47.3 Å². The number of piperidine rings is 1. The largest absolute Gasteiger partial charge is 0.491 e. The zero-order valence-corrected chi connectivity index (χ0v) is 20.4. The van der Waals surface area contributed by atoms with E-state index in [4.69, 9.17) is 9.47 Å². The van der Waals surface area contributed by atoms with Gasteiger partial charge in [0.05, 0.1) is 7.11 Å². The number of nitrogens with zero attached hydrogens (tertiary/aromatic N) is 4. The highest BCUT2D eigenvalue weighted by atomic mass is 16.5. The van der Waals surface area contributed by atoms with Crippen molar-refractivity contribution in [2.75, 3.05) is 46.4 Å². The fraction of sp³-hybridized carbons (Fsp3) is 0.538. The standard InChI is InChI=1S/C26H34N4O5/c1-34-26(33)25-21-9-13-29(23(31)8-7-20-6-5-10-27-19-20)14-15-30(21)24(32)18-22(25)35-17-16-28-11-3-2-4-12-28/h5-6,10,18-19H,2-4,7-9,11-17H2,1H3. The SMILES string of the molecule is COC(=O)c1c(OCCN2CCCCC2)cc(=O)n2c1CCN(C(=O)CCc1cccnc1)CC2. The predicted octanol–water partition coefficient (Wildman–Crippen LogP) is 1.91. The summed E-state index contributed by atoms with van der Waals surface area (Å²) in [6.45, 7) is 4.39. The van der Waals surface area contributed by atoms with E-state index in [2.05, 4.69) is 9.88 Å². The van der Waals surface area contributed by atoms with Gasteiger partial charge >= 0.3 is 5.97 Å². The van der Waals surface area contributed by atoms with Crippen molar-refractivity contribution in [1.29, 1.82) is 0 Å². The van der Waals surface area contributed by atoms with Crippen LogP contribution in [-0.4, -0.2) is 77.7 Å². The van der Waals surface area contributed by atoms with Crippen LogP contribution < -0.4 is 10.3 Å². The Morgan fingerprint density at radius 3 is 2.66 bits per heavy atom. The van der Waals surface area contributed by atoms with Crippen LogP contribution in [0.15, 0.2) is 35.4 Å². The maximum Gasteiger partial charge on any atom is 0.343 e. The molecule has 0 unspecified atom stereocenters. The van der Waals surface area contributed by atoms with Crippen molar-refractivity contribution in [3.8, 4) is 5.75 Å². The first-order valence-corrected chi connectivity index (χ1v) is 12.4. The van der Waals surface area contributed by atoms with Crippen molar-refractivity contribution in [1.82, 2.24) is 19.4 Å². The molecule has 9 heteroatoms. The van der Waals surface area contributed by atoms with Crippen LogP contribution in [0.3, 0.4) is 0 Å². The molecule has 2 aromatic rings. The molecule has 0 N–H and O–H groups in total. The fourth-order valence-corrected chi connectivity index (χ4v) is 4.86. The highest BCUT2D eigenvalue weighted by Gasteiger charge is 2.27. The summed E-state index contributed by atoms with van der Waals surface area (Å²) >= 11 is 0. The van der Waals surface area contributed by atoms with Gasteiger partial charge in [0.1, 0.15) is 17.9 Å². The third-order valence-electron chi connectivity index (χ3n) is 6.80. The van der Waals surface area contributed by atoms with Crippen molar-refractivity contribution in [2.24, 2.45) is 0 Å². The lowest BCUT2D eigenvalue weighted by Gasteiger charge is -2.26. The molecule has 35 heavy (non-hydrogen) atoms. The zero-order chi connectivity index (χ0) is 24.6. The molecule has 2 aliphatic rings. The first-order chi connectivity index (χ1) is 17.1. The van der Waals surface area contributed by atoms with Gasteiger partial charge in [0.2, 0.25) is 5.91 Å². The first kappa shape index (κ1) is 24.9. The molecule has 4 heterocycles. The molecule has 4 rings (SSSR count). The second-order valence-corrected chi connectivity index (χ2v) is 9.05. The number of fused-ring (bicyclic) bond motifs is 1. The molecule has 1 amide bonds. The molecule has 0 bridgehead atoms. The lowest BCUT2D eigenvalue weighted by molar-refractivity contribution is -0.131. The molecule has 0 aliphatic carbocycles. The molecule has 0 spiro atoms. The summed E-state index contributed by atoms with van der Waals surface area (Å²) in [5.41, 5.74) is 1.63. The summed E-state index contributed by atoms with van der Waals surface area (Å²) in [4.78, 5) is 46.8. The van der Waals surface area contributed by atoms with Crippen LogP contribution in [0.5, 0.6) is 5.75 Å². The normalized spacial score (nSPS) is 16.3. The van der Waals surface area contributed by atoms with Crippen LogP contribution in [0.25, 0.3) is 0 Å². The van der Waals surface area contributed by atoms with Crippen molar-refractivity contribution in [2.45, 2.75) is 45.1 Å². The zero-order valence-electron chi connectivity index (χ0n) is 20.4. The van der Waals surface area contributed by atoms with E-state index >= 15 is 0 Å². The van der Waals surface area contributed by atoms with E-state index in [-0.39, 0.29) is 22.8 Å². The van der Waals surface area contributed by atoms with Gasteiger partial charge in [-0.25, -0.2) is 4.79 Å². The summed E-state index contributed by atoms with van der Waals surface area (Å²) in [7, 11) is 1.33. The van der Waals surface area contributed by atoms with Crippen LogP contribution in [-0.2, 0) is 28.9 Å². The van der Waals surface area contributed by atoms with Gasteiger partial charge in [-0.2, -0.15) is 0 Å². The molecule has 1 saturated heterocycles. The van der Waals surface area contributed by atoms with Crippen molar-refractivity contribution < 1.29 is 19.1 Å². The minimum Gasteiger partial charge on any atom is -0.491 e. The highest BCUT2D eigenvalue weighted by molar-refractivity contribution is 5.93. The third-order valence-corrected chi connectivity index (χ3v) is 6.80. The number of pyridine rings is 2. The van der Waals surface area contributed by atoms with Gasteiger partial charge < -0.3 is 18.9 Å². The monoisotopic (exact) mass is 482 g/mol. The van der Waals surface area contributed by atoms with Gasteiger partial charge in [0, 0.05) is 63.2 Å². The minimum absolute atomic E-state index is 0.0207. The number of carbonyl (C=O) groups excluding carboxylic acids is 2. The Morgan fingerprint density at radius 1 is 1.09 bits per heavy atom. The summed E-state index contributed by atoms with van der Waals surface area (Å²) < 4.78 is 12.6. The smallest absolute Gasteiger partial charge is 0.343 e. The molecule has 2 aliphatic heterocycles. The van der Waals surface area contributed by atoms with E-state index in [1.807, 2.05) is 12.1 Å². The Hall–Kier alpha value is -3.20. The Morgan fingerprint density at radius 2 is 1.91 bits per heavy atom. The number of ether oxygens (including phenoxy) is 2. The van der Waals surface area contributed by atoms with Crippen LogP contribution in [0.4, 0.5) is 0 Å². The topological polar surface area (TPSA) is 94.0 Å². The number of likely N-dealkylation sites (tertiary alicyclic amines) is 1. The third kappa shape index (κ3) is 6.28. The summed E-state index contributed by atoms with van der Waals surface area (Å²) in [5.74, 6) is -0.244. The average molecular weight is 483 g/mol. The van der Waals surface area contributed by atoms with Crippen molar-refractivity contribution in [3.05, 3.63) is 57.8 Å². The number of carbonyl (C=O) groups is 2. The summed E-state index contributed by atoms with van der Waals surface area (Å²) in [6, 6.07) is 5.19. The second-order valence-electron chi connectivity index (χ2n) is 9.05. The number of aromatic nitrogens is 2. The van der Waals surface area contributed by atoms with Gasteiger partial charge in [-0.15, -0.1) is 0 Å². The van der Waals surface area contributed by atoms with Gasteiger partial charge in [0.15, 0.2) is 0 Å². The Labute approximate surface area is 205 Å². The van der Waals surface area contributed by atoms with E-state index in [1.54, 1.807) is 21.9 Å². The number of amides is 1. The van der Waals surface area contributed by atoms with E-state index < -0.39 is 5.97 Å². The fourth-order valence-electron chi connectivity index (χ4n) is 4.86. The van der Waals surface area contributed by atoms with Gasteiger partial charge in [-0.3, -0.25) is 19.5 Å². The van der Waals surface area contributed by atoms with Gasteiger partial charge in [-0.1, -0.05) is 12.5 Å². The maximum atomic E-state index is 13.0. The molecule has 9 nitrogen and oxygen atoms in total. The molecule has 0 radical (unpaired) electrons. The Balaban J connectivity index is 1.46. The van der Waals surface area contributed by atoms with Crippen molar-refractivity contribution in [3.63, 3.8) is 0 Å². The quantitative estimate of drug-likeness (QED) is 0.531. The molecule has 0 aromatic carbocycles. The molecule has 1 fully saturated rings. The number of methoxy groups -OCH3 is 1. The number of aryl methyl sites for hydroxylation is 1. The highest BCUT2D eigenvalue weighted by Crippen LogP contribution is 2.24. The predicted molar refractivity (Wildman–Crippen MR) is 131 cm³/mol. The molecule has 188 valence electrons. The second kappa shape index (κ2) is 12.0. The number of esters is 1. The average Bonchev–Trinajstić information content (AvgIpc) is 3.12. The molecular weight excluding hydrogens is 448 g/mol. The Bertz CT molecular complexity index is 1080. The summed E-state index contributed by atoms with van der Waals surface area (Å²) in [5, 5.41) is 0. The van der Waals surface area contributed by atoms with Crippen molar-refractivity contribution >= 4 is 11.9 Å². The molecule has 0 saturated carbocycles. The van der Waals surface area contributed by atoms with Crippen LogP contribution in [0.2, 0.25) is 0 Å². The molecule has 2 aromatic heterocycles. The van der Waals surface area contributed by atoms with E-state index in [0.717, 1.165) is 25.2 Å². The van der Waals surface area contributed by atoms with Gasteiger partial charge in [0.25, 0.3) is 5.56 Å². The molecule has 0 atom stereocenters. The number of rotatable bonds is 8. The number of hydrogen-bond donors (Lipinski definition) is 0. The number of hydrogen-bond acceptors (Lipinski definition) is 7. The Kier molecular flexibility index (Phi) is 8.52. The summed E-state index contributed by atoms with van der Waals surface area (Å²) in [6.07, 6.45) is 8.45.